The molecule has 3 rings (SSSR count). The molecule has 0 atom stereocenters. The lowest BCUT2D eigenvalue weighted by atomic mass is 9.92. The molecular formula is C17H26Cl2N4OS. The highest BCUT2D eigenvalue weighted by atomic mass is 35.5. The average Bonchev–Trinajstić information content (AvgIpc) is 2.91. The Bertz CT molecular complexity index is 686. The number of fused-ring (bicyclic) bond motifs is 1. The van der Waals surface area contributed by atoms with Crippen LogP contribution in [0, 0.1) is 6.92 Å². The summed E-state index contributed by atoms with van der Waals surface area (Å²) >= 11 is 1.61. The molecule has 0 aromatic carbocycles. The number of carbonyl (C=O) groups excluding carboxylic acids is 1. The van der Waals surface area contributed by atoms with Crippen LogP contribution in [0.3, 0.4) is 0 Å². The molecule has 0 spiro atoms. The molecular weight excluding hydrogens is 379 g/mol. The number of hydrogen-bond acceptors (Lipinski definition) is 4. The van der Waals surface area contributed by atoms with E-state index in [1.807, 2.05) is 16.7 Å². The number of pyridine rings is 1. The Balaban J connectivity index is 0.00000156. The third-order valence-electron chi connectivity index (χ3n) is 4.27. The average molecular weight is 405 g/mol. The fourth-order valence-electron chi connectivity index (χ4n) is 3.01. The van der Waals surface area contributed by atoms with Gasteiger partial charge in [0.05, 0.1) is 11.4 Å². The monoisotopic (exact) mass is 404 g/mol. The van der Waals surface area contributed by atoms with E-state index in [9.17, 15) is 4.79 Å². The molecule has 140 valence electrons. The lowest BCUT2D eigenvalue weighted by molar-refractivity contribution is -0.119. The predicted octanol–water partition coefficient (Wildman–Crippen LogP) is 3.11. The minimum absolute atomic E-state index is 0. The highest BCUT2D eigenvalue weighted by Crippen LogP contribution is 2.18. The largest absolute Gasteiger partial charge is 0.353 e. The van der Waals surface area contributed by atoms with Crippen LogP contribution in [0.2, 0.25) is 0 Å². The van der Waals surface area contributed by atoms with Gasteiger partial charge >= 0.3 is 0 Å². The molecule has 1 saturated carbocycles. The number of aryl methyl sites for hydroxylation is 1. The van der Waals surface area contributed by atoms with Gasteiger partial charge in [-0.15, -0.1) is 36.6 Å². The normalized spacial score (nSPS) is 19.8. The number of rotatable bonds is 5. The number of imidazole rings is 1. The molecule has 0 saturated heterocycles. The number of nitrogens with two attached hydrogens (primary N) is 1. The van der Waals surface area contributed by atoms with E-state index in [0.717, 1.165) is 42.8 Å². The Morgan fingerprint density at radius 2 is 2.00 bits per heavy atom. The van der Waals surface area contributed by atoms with E-state index < -0.39 is 0 Å². The third kappa shape index (κ3) is 6.37. The fraction of sp³-hybridized carbons (Fsp3) is 0.529. The first-order valence-electron chi connectivity index (χ1n) is 8.17. The summed E-state index contributed by atoms with van der Waals surface area (Å²) in [6.07, 6.45) is 8.14. The van der Waals surface area contributed by atoms with Gasteiger partial charge in [0, 0.05) is 30.2 Å². The number of nitrogens with one attached hydrogen (secondary N) is 1. The third-order valence-corrected chi connectivity index (χ3v) is 5.24. The first-order chi connectivity index (χ1) is 11.1. The van der Waals surface area contributed by atoms with Crippen LogP contribution in [0.25, 0.3) is 5.65 Å². The molecule has 25 heavy (non-hydrogen) atoms. The van der Waals surface area contributed by atoms with Crippen molar-refractivity contribution < 1.29 is 4.79 Å². The van der Waals surface area contributed by atoms with Crippen LogP contribution in [-0.2, 0) is 10.5 Å². The molecule has 1 amide bonds. The second kappa shape index (κ2) is 10.3. The van der Waals surface area contributed by atoms with Crippen LogP contribution in [-0.4, -0.2) is 33.1 Å². The van der Waals surface area contributed by atoms with Gasteiger partial charge in [-0.1, -0.05) is 6.07 Å². The lowest BCUT2D eigenvalue weighted by Crippen LogP contribution is -2.41. The molecule has 3 N–H and O–H groups in total. The van der Waals surface area contributed by atoms with Gasteiger partial charge < -0.3 is 15.5 Å². The first kappa shape index (κ1) is 22.1. The van der Waals surface area contributed by atoms with Crippen LogP contribution in [0.15, 0.2) is 24.5 Å². The second-order valence-electron chi connectivity index (χ2n) is 6.38. The Labute approximate surface area is 165 Å². The van der Waals surface area contributed by atoms with Gasteiger partial charge in [-0.3, -0.25) is 4.79 Å². The zero-order valence-electron chi connectivity index (χ0n) is 14.3. The predicted molar refractivity (Wildman–Crippen MR) is 109 cm³/mol. The van der Waals surface area contributed by atoms with E-state index in [-0.39, 0.29) is 30.7 Å². The van der Waals surface area contributed by atoms with Gasteiger partial charge in [-0.25, -0.2) is 4.98 Å². The van der Waals surface area contributed by atoms with Gasteiger partial charge in [0.2, 0.25) is 5.91 Å². The number of nitrogens with zero attached hydrogens (tertiary/aromatic N) is 2. The molecule has 0 aliphatic heterocycles. The molecule has 2 aromatic heterocycles. The molecule has 0 unspecified atom stereocenters. The Morgan fingerprint density at radius 3 is 2.72 bits per heavy atom. The molecule has 2 heterocycles. The van der Waals surface area contributed by atoms with Crippen LogP contribution >= 0.6 is 36.6 Å². The minimum atomic E-state index is 0. The lowest BCUT2D eigenvalue weighted by Gasteiger charge is -2.26. The molecule has 1 aliphatic carbocycles. The summed E-state index contributed by atoms with van der Waals surface area (Å²) < 4.78 is 2.04. The highest BCUT2D eigenvalue weighted by Gasteiger charge is 2.19. The number of hydrogen-bond donors (Lipinski definition) is 2. The Morgan fingerprint density at radius 1 is 1.28 bits per heavy atom. The maximum Gasteiger partial charge on any atom is 0.230 e. The quantitative estimate of drug-likeness (QED) is 0.802. The van der Waals surface area contributed by atoms with Crippen LogP contribution in [0.1, 0.15) is 36.9 Å². The van der Waals surface area contributed by atoms with E-state index in [4.69, 9.17) is 5.73 Å². The Kier molecular flexibility index (Phi) is 9.07. The zero-order chi connectivity index (χ0) is 16.2. The topological polar surface area (TPSA) is 72.4 Å². The summed E-state index contributed by atoms with van der Waals surface area (Å²) in [5.74, 6) is 1.36. The Hall–Kier alpha value is -0.950. The van der Waals surface area contributed by atoms with Crippen LogP contribution in [0.4, 0.5) is 0 Å². The number of halogens is 2. The maximum absolute atomic E-state index is 12.0. The van der Waals surface area contributed by atoms with Crippen molar-refractivity contribution in [1.82, 2.24) is 14.7 Å². The summed E-state index contributed by atoms with van der Waals surface area (Å²) in [5.41, 5.74) is 9.06. The SMILES string of the molecule is Cc1ccc2nc(CSCC(=O)NC3CCC(N)CC3)cn2c1.Cl.Cl. The number of aromatic nitrogens is 2. The van der Waals surface area contributed by atoms with E-state index >= 15 is 0 Å². The molecule has 5 nitrogen and oxygen atoms in total. The number of carbonyl (C=O) groups is 1. The van der Waals surface area contributed by atoms with Gasteiger partial charge in [-0.2, -0.15) is 0 Å². The number of amides is 1. The smallest absolute Gasteiger partial charge is 0.230 e. The van der Waals surface area contributed by atoms with Crippen LogP contribution in [0.5, 0.6) is 0 Å². The summed E-state index contributed by atoms with van der Waals surface area (Å²) in [4.78, 5) is 16.6. The fourth-order valence-corrected chi connectivity index (χ4v) is 3.73. The van der Waals surface area contributed by atoms with Gasteiger partial charge in [0.1, 0.15) is 5.65 Å². The van der Waals surface area contributed by atoms with Crippen molar-refractivity contribution in [2.45, 2.75) is 50.4 Å². The second-order valence-corrected chi connectivity index (χ2v) is 7.36. The van der Waals surface area contributed by atoms with Crippen molar-refractivity contribution >= 4 is 48.1 Å². The summed E-state index contributed by atoms with van der Waals surface area (Å²) in [6.45, 7) is 2.07. The van der Waals surface area contributed by atoms with Crippen LogP contribution < -0.4 is 11.1 Å². The van der Waals surface area contributed by atoms with E-state index in [1.165, 1.54) is 5.56 Å². The van der Waals surface area contributed by atoms with Gasteiger partial charge in [0.15, 0.2) is 0 Å². The molecule has 8 heteroatoms. The van der Waals surface area contributed by atoms with Gasteiger partial charge in [0.25, 0.3) is 0 Å². The molecule has 1 fully saturated rings. The van der Waals surface area contributed by atoms with E-state index in [0.29, 0.717) is 17.8 Å². The summed E-state index contributed by atoms with van der Waals surface area (Å²) in [7, 11) is 0. The molecule has 1 aliphatic rings. The zero-order valence-corrected chi connectivity index (χ0v) is 16.8. The molecule has 2 aromatic rings. The standard InChI is InChI=1S/C17H24N4OS.2ClH/c1-12-2-7-16-19-15(9-21(16)8-12)10-23-11-17(22)20-14-5-3-13(18)4-6-14;;/h2,7-9,13-14H,3-6,10-11,18H2,1H3,(H,20,22);2*1H. The van der Waals surface area contributed by atoms with Crippen molar-refractivity contribution in [2.75, 3.05) is 5.75 Å². The minimum Gasteiger partial charge on any atom is -0.353 e. The van der Waals surface area contributed by atoms with Crippen molar-refractivity contribution in [3.8, 4) is 0 Å². The first-order valence-corrected chi connectivity index (χ1v) is 9.32. The van der Waals surface area contributed by atoms with E-state index in [1.54, 1.807) is 11.8 Å². The van der Waals surface area contributed by atoms with Crippen molar-refractivity contribution in [1.29, 1.82) is 0 Å². The van der Waals surface area contributed by atoms with Crippen molar-refractivity contribution in [3.05, 3.63) is 35.8 Å². The van der Waals surface area contributed by atoms with E-state index in [2.05, 4.69) is 29.5 Å². The van der Waals surface area contributed by atoms with Crippen molar-refractivity contribution in [3.63, 3.8) is 0 Å². The van der Waals surface area contributed by atoms with Gasteiger partial charge in [-0.05, 0) is 44.2 Å². The summed E-state index contributed by atoms with van der Waals surface area (Å²) in [6, 6.07) is 4.70. The molecule has 0 bridgehead atoms. The maximum atomic E-state index is 12.0. The summed E-state index contributed by atoms with van der Waals surface area (Å²) in [5, 5.41) is 3.12. The molecule has 0 radical (unpaired) electrons. The number of thioether (sulfide) groups is 1. The highest BCUT2D eigenvalue weighted by molar-refractivity contribution is 7.99. The van der Waals surface area contributed by atoms with Crippen molar-refractivity contribution in [2.24, 2.45) is 5.73 Å².